The molecule has 0 aliphatic rings. The first-order chi connectivity index (χ1) is 5.83. The maximum Gasteiger partial charge on any atom is 0.293 e. The van der Waals surface area contributed by atoms with E-state index >= 15 is 0 Å². The standard InChI is InChI=1S/C3H8O8S2/c4-10-12(6,7)2-1-3-13(8,9)11-5/h4-5H,1-3H2. The van der Waals surface area contributed by atoms with E-state index in [0.717, 1.165) is 0 Å². The molecule has 10 heteroatoms. The van der Waals surface area contributed by atoms with E-state index in [4.69, 9.17) is 10.5 Å². The normalized spacial score (nSPS) is 13.1. The summed E-state index contributed by atoms with van der Waals surface area (Å²) in [4.78, 5) is 0. The minimum Gasteiger partial charge on any atom is -0.235 e. The van der Waals surface area contributed by atoms with E-state index in [1.165, 1.54) is 0 Å². The van der Waals surface area contributed by atoms with Gasteiger partial charge in [-0.05, 0) is 6.42 Å². The Balaban J connectivity index is 3.96. The maximum absolute atomic E-state index is 10.4. The van der Waals surface area contributed by atoms with Crippen molar-refractivity contribution < 1.29 is 36.0 Å². The first-order valence-electron chi connectivity index (χ1n) is 2.94. The van der Waals surface area contributed by atoms with Crippen molar-refractivity contribution in [2.24, 2.45) is 0 Å². The molecule has 13 heavy (non-hydrogen) atoms. The molecule has 0 aliphatic carbocycles. The highest BCUT2D eigenvalue weighted by atomic mass is 32.2. The fraction of sp³-hybridized carbons (Fsp3) is 1.00. The largest absolute Gasteiger partial charge is 0.293 e. The smallest absolute Gasteiger partial charge is 0.235 e. The maximum atomic E-state index is 10.4. The highest BCUT2D eigenvalue weighted by Crippen LogP contribution is 1.98. The molecule has 0 aliphatic heterocycles. The van der Waals surface area contributed by atoms with Crippen LogP contribution in [0, 0.1) is 0 Å². The van der Waals surface area contributed by atoms with Crippen molar-refractivity contribution in [2.75, 3.05) is 11.5 Å². The molecule has 0 bridgehead atoms. The third-order valence-electron chi connectivity index (χ3n) is 1.02. The molecule has 2 N–H and O–H groups in total. The fourth-order valence-corrected chi connectivity index (χ4v) is 1.81. The molecule has 0 amide bonds. The lowest BCUT2D eigenvalue weighted by atomic mass is 10.6. The van der Waals surface area contributed by atoms with Gasteiger partial charge in [-0.3, -0.25) is 0 Å². The van der Waals surface area contributed by atoms with Crippen LogP contribution in [0.25, 0.3) is 0 Å². The van der Waals surface area contributed by atoms with Gasteiger partial charge in [-0.25, -0.2) is 10.5 Å². The molecule has 80 valence electrons. The van der Waals surface area contributed by atoms with Gasteiger partial charge in [0.25, 0.3) is 20.2 Å². The zero-order valence-corrected chi connectivity index (χ0v) is 7.91. The Morgan fingerprint density at radius 2 is 1.15 bits per heavy atom. The first-order valence-corrected chi connectivity index (χ1v) is 6.10. The van der Waals surface area contributed by atoms with Crippen LogP contribution in [0.3, 0.4) is 0 Å². The van der Waals surface area contributed by atoms with E-state index in [1.54, 1.807) is 0 Å². The predicted molar refractivity (Wildman–Crippen MR) is 39.6 cm³/mol. The molecule has 0 spiro atoms. The fourth-order valence-electron chi connectivity index (χ4n) is 0.487. The summed E-state index contributed by atoms with van der Waals surface area (Å²) in [7, 11) is -8.19. The van der Waals surface area contributed by atoms with Crippen LogP contribution >= 0.6 is 0 Å². The van der Waals surface area contributed by atoms with Gasteiger partial charge in [-0.15, -0.1) is 8.67 Å². The predicted octanol–water partition coefficient (Wildman–Crippen LogP) is -0.985. The molecular weight excluding hydrogens is 228 g/mol. The molecule has 0 atom stereocenters. The summed E-state index contributed by atoms with van der Waals surface area (Å²) in [5.74, 6) is -1.38. The van der Waals surface area contributed by atoms with E-state index in [1.807, 2.05) is 0 Å². The van der Waals surface area contributed by atoms with Crippen molar-refractivity contribution in [3.8, 4) is 0 Å². The second-order valence-electron chi connectivity index (χ2n) is 2.03. The average Bonchev–Trinajstić information content (AvgIpc) is 2.04. The molecule has 0 radical (unpaired) electrons. The van der Waals surface area contributed by atoms with Crippen LogP contribution in [-0.2, 0) is 28.9 Å². The Hall–Kier alpha value is -0.260. The Morgan fingerprint density at radius 3 is 1.38 bits per heavy atom. The Labute approximate surface area is 74.8 Å². The third-order valence-corrected chi connectivity index (χ3v) is 3.05. The van der Waals surface area contributed by atoms with Crippen molar-refractivity contribution in [3.63, 3.8) is 0 Å². The van der Waals surface area contributed by atoms with Gasteiger partial charge >= 0.3 is 0 Å². The molecule has 0 fully saturated rings. The lowest BCUT2D eigenvalue weighted by Gasteiger charge is -1.98. The molecular formula is C3H8O8S2. The summed E-state index contributed by atoms with van der Waals surface area (Å²) in [6, 6.07) is 0. The average molecular weight is 236 g/mol. The van der Waals surface area contributed by atoms with E-state index in [0.29, 0.717) is 0 Å². The summed E-state index contributed by atoms with van der Waals surface area (Å²) < 4.78 is 47.7. The monoisotopic (exact) mass is 236 g/mol. The minimum atomic E-state index is -4.10. The molecule has 0 heterocycles. The quantitative estimate of drug-likeness (QED) is 0.444. The van der Waals surface area contributed by atoms with Crippen molar-refractivity contribution in [1.29, 1.82) is 0 Å². The van der Waals surface area contributed by atoms with Gasteiger partial charge in [0.1, 0.15) is 0 Å². The van der Waals surface area contributed by atoms with E-state index in [2.05, 4.69) is 8.67 Å². The Bertz CT molecular complexity index is 290. The lowest BCUT2D eigenvalue weighted by Crippen LogP contribution is -2.14. The Kier molecular flexibility index (Phi) is 4.74. The van der Waals surface area contributed by atoms with Gasteiger partial charge in [0.05, 0.1) is 11.5 Å². The summed E-state index contributed by atoms with van der Waals surface area (Å²) in [5, 5.41) is 15.5. The summed E-state index contributed by atoms with van der Waals surface area (Å²) in [5.41, 5.74) is 0. The van der Waals surface area contributed by atoms with Crippen LogP contribution < -0.4 is 0 Å². The van der Waals surface area contributed by atoms with Gasteiger partial charge in [-0.2, -0.15) is 16.8 Å². The number of hydrogen-bond acceptors (Lipinski definition) is 8. The minimum absolute atomic E-state index is 0.355. The molecule has 0 saturated heterocycles. The molecule has 0 saturated carbocycles. The second kappa shape index (κ2) is 4.83. The third kappa shape index (κ3) is 5.90. The zero-order chi connectivity index (χ0) is 10.5. The second-order valence-corrected chi connectivity index (χ2v) is 5.37. The summed E-state index contributed by atoms with van der Waals surface area (Å²) in [6.07, 6.45) is -0.355. The van der Waals surface area contributed by atoms with E-state index in [9.17, 15) is 16.8 Å². The van der Waals surface area contributed by atoms with Crippen molar-refractivity contribution in [3.05, 3.63) is 0 Å². The molecule has 0 aromatic rings. The molecule has 0 aromatic carbocycles. The number of rotatable bonds is 6. The van der Waals surface area contributed by atoms with Gasteiger partial charge in [-0.1, -0.05) is 0 Å². The van der Waals surface area contributed by atoms with Gasteiger partial charge in [0.15, 0.2) is 0 Å². The van der Waals surface area contributed by atoms with E-state index < -0.39 is 31.7 Å². The van der Waals surface area contributed by atoms with Crippen LogP contribution in [0.2, 0.25) is 0 Å². The van der Waals surface area contributed by atoms with Crippen LogP contribution in [0.15, 0.2) is 0 Å². The molecule has 8 nitrogen and oxygen atoms in total. The topological polar surface area (TPSA) is 127 Å². The van der Waals surface area contributed by atoms with Crippen LogP contribution in [0.4, 0.5) is 0 Å². The summed E-state index contributed by atoms with van der Waals surface area (Å²) in [6.45, 7) is 0. The van der Waals surface area contributed by atoms with Crippen molar-refractivity contribution in [1.82, 2.24) is 0 Å². The first kappa shape index (κ1) is 12.7. The van der Waals surface area contributed by atoms with Crippen LogP contribution in [-0.4, -0.2) is 38.9 Å². The van der Waals surface area contributed by atoms with E-state index in [-0.39, 0.29) is 6.42 Å². The zero-order valence-electron chi connectivity index (χ0n) is 6.28. The highest BCUT2D eigenvalue weighted by Gasteiger charge is 2.15. The van der Waals surface area contributed by atoms with Crippen LogP contribution in [0.5, 0.6) is 0 Å². The van der Waals surface area contributed by atoms with Crippen molar-refractivity contribution >= 4 is 20.2 Å². The highest BCUT2D eigenvalue weighted by molar-refractivity contribution is 7.87. The molecule has 0 rings (SSSR count). The Morgan fingerprint density at radius 1 is 0.846 bits per heavy atom. The molecule has 0 unspecified atom stereocenters. The van der Waals surface area contributed by atoms with Gasteiger partial charge in [0, 0.05) is 0 Å². The molecule has 0 aromatic heterocycles. The lowest BCUT2D eigenvalue weighted by molar-refractivity contribution is -0.131. The van der Waals surface area contributed by atoms with Crippen LogP contribution in [0.1, 0.15) is 6.42 Å². The summed E-state index contributed by atoms with van der Waals surface area (Å²) >= 11 is 0. The van der Waals surface area contributed by atoms with Gasteiger partial charge < -0.3 is 0 Å². The van der Waals surface area contributed by atoms with Crippen molar-refractivity contribution in [2.45, 2.75) is 6.42 Å². The number of hydrogen-bond donors (Lipinski definition) is 2. The van der Waals surface area contributed by atoms with Gasteiger partial charge in [0.2, 0.25) is 0 Å². The SMILES string of the molecule is O=S(=O)(CCCS(=O)(=O)OO)OO.